The van der Waals surface area contributed by atoms with Crippen molar-refractivity contribution >= 4 is 17.0 Å². The van der Waals surface area contributed by atoms with Gasteiger partial charge in [0.2, 0.25) is 0 Å². The van der Waals surface area contributed by atoms with Crippen LogP contribution in [0, 0.1) is 13.8 Å². The Bertz CT molecular complexity index is 715. The Labute approximate surface area is 110 Å². The number of fused-ring (bicyclic) bond motifs is 1. The van der Waals surface area contributed by atoms with Crippen molar-refractivity contribution < 1.29 is 4.42 Å². The van der Waals surface area contributed by atoms with Crippen molar-refractivity contribution in [3.8, 4) is 0 Å². The van der Waals surface area contributed by atoms with E-state index in [2.05, 4.69) is 32.2 Å². The second-order valence-electron chi connectivity index (χ2n) is 4.56. The van der Waals surface area contributed by atoms with Crippen molar-refractivity contribution in [2.24, 2.45) is 0 Å². The summed E-state index contributed by atoms with van der Waals surface area (Å²) in [6.07, 6.45) is 3.12. The number of aromatic amines is 1. The summed E-state index contributed by atoms with van der Waals surface area (Å²) in [5.74, 6) is 2.58. The molecule has 0 fully saturated rings. The van der Waals surface area contributed by atoms with Crippen LogP contribution in [0.25, 0.3) is 11.2 Å². The first kappa shape index (κ1) is 11.7. The summed E-state index contributed by atoms with van der Waals surface area (Å²) in [5, 5.41) is 3.36. The van der Waals surface area contributed by atoms with E-state index in [-0.39, 0.29) is 6.04 Å². The van der Waals surface area contributed by atoms with Gasteiger partial charge in [-0.05, 0) is 26.8 Å². The molecule has 0 radical (unpaired) electrons. The van der Waals surface area contributed by atoms with E-state index in [0.717, 1.165) is 28.4 Å². The Morgan fingerprint density at radius 3 is 2.84 bits per heavy atom. The molecule has 1 unspecified atom stereocenters. The first-order chi connectivity index (χ1) is 9.15. The molecule has 0 aliphatic rings. The van der Waals surface area contributed by atoms with Crippen LogP contribution < -0.4 is 5.32 Å². The molecule has 3 heterocycles. The van der Waals surface area contributed by atoms with E-state index in [0.29, 0.717) is 5.65 Å². The largest absolute Gasteiger partial charge is 0.466 e. The summed E-state index contributed by atoms with van der Waals surface area (Å²) < 4.78 is 5.55. The van der Waals surface area contributed by atoms with Gasteiger partial charge in [-0.15, -0.1) is 0 Å². The van der Waals surface area contributed by atoms with Gasteiger partial charge in [0.15, 0.2) is 11.5 Å². The van der Waals surface area contributed by atoms with Crippen molar-refractivity contribution in [1.82, 2.24) is 19.9 Å². The van der Waals surface area contributed by atoms with Gasteiger partial charge in [-0.1, -0.05) is 0 Å². The number of hydrogen-bond donors (Lipinski definition) is 2. The molecular weight excluding hydrogens is 242 g/mol. The van der Waals surface area contributed by atoms with E-state index in [4.69, 9.17) is 4.42 Å². The van der Waals surface area contributed by atoms with Gasteiger partial charge in [0.25, 0.3) is 0 Å². The summed E-state index contributed by atoms with van der Waals surface area (Å²) in [4.78, 5) is 15.5. The molecule has 0 aliphatic heterocycles. The molecule has 1 atom stereocenters. The van der Waals surface area contributed by atoms with Crippen molar-refractivity contribution in [3.05, 3.63) is 35.8 Å². The molecule has 0 aromatic carbocycles. The Morgan fingerprint density at radius 2 is 2.11 bits per heavy atom. The van der Waals surface area contributed by atoms with Gasteiger partial charge < -0.3 is 14.7 Å². The van der Waals surface area contributed by atoms with Crippen molar-refractivity contribution in [2.45, 2.75) is 26.8 Å². The lowest BCUT2D eigenvalue weighted by atomic mass is 10.1. The lowest BCUT2D eigenvalue weighted by Gasteiger charge is -2.13. The summed E-state index contributed by atoms with van der Waals surface area (Å²) in [5.41, 5.74) is 2.60. The zero-order chi connectivity index (χ0) is 13.4. The molecule has 0 bridgehead atoms. The molecule has 0 spiro atoms. The van der Waals surface area contributed by atoms with E-state index in [1.165, 1.54) is 6.33 Å². The number of rotatable bonds is 3. The quantitative estimate of drug-likeness (QED) is 0.754. The smallest absolute Gasteiger partial charge is 0.182 e. The minimum Gasteiger partial charge on any atom is -0.466 e. The minimum absolute atomic E-state index is 0.0962. The van der Waals surface area contributed by atoms with Gasteiger partial charge in [-0.25, -0.2) is 15.0 Å². The number of nitrogens with one attached hydrogen (secondary N) is 2. The molecule has 98 valence electrons. The Balaban J connectivity index is 1.92. The number of aryl methyl sites for hydroxylation is 2. The summed E-state index contributed by atoms with van der Waals surface area (Å²) in [6, 6.07) is 2.14. The highest BCUT2D eigenvalue weighted by Gasteiger charge is 2.15. The lowest BCUT2D eigenvalue weighted by molar-refractivity contribution is 0.500. The van der Waals surface area contributed by atoms with Crippen LogP contribution in [0.5, 0.6) is 0 Å². The average Bonchev–Trinajstić information content (AvgIpc) is 2.96. The Kier molecular flexibility index (Phi) is 2.70. The van der Waals surface area contributed by atoms with Crippen molar-refractivity contribution in [1.29, 1.82) is 0 Å². The third-order valence-corrected chi connectivity index (χ3v) is 3.12. The Hall–Kier alpha value is -2.37. The Morgan fingerprint density at radius 1 is 1.26 bits per heavy atom. The monoisotopic (exact) mass is 257 g/mol. The van der Waals surface area contributed by atoms with Crippen molar-refractivity contribution in [3.63, 3.8) is 0 Å². The lowest BCUT2D eigenvalue weighted by Crippen LogP contribution is -2.08. The molecule has 3 aromatic rings. The fourth-order valence-electron chi connectivity index (χ4n) is 2.24. The van der Waals surface area contributed by atoms with Crippen LogP contribution in [-0.4, -0.2) is 19.9 Å². The van der Waals surface area contributed by atoms with Crippen LogP contribution in [0.1, 0.15) is 30.0 Å². The SMILES string of the molecule is Cc1cc(C(C)Nc2ncnc3nc[nH]c23)c(C)o1. The fourth-order valence-corrected chi connectivity index (χ4v) is 2.24. The maximum atomic E-state index is 5.55. The third kappa shape index (κ3) is 2.05. The van der Waals surface area contributed by atoms with Crippen LogP contribution in [0.2, 0.25) is 0 Å². The molecular formula is C13H15N5O. The first-order valence-corrected chi connectivity index (χ1v) is 6.12. The molecule has 0 saturated heterocycles. The van der Waals surface area contributed by atoms with E-state index < -0.39 is 0 Å². The summed E-state index contributed by atoms with van der Waals surface area (Å²) in [6.45, 7) is 5.98. The zero-order valence-electron chi connectivity index (χ0n) is 11.1. The molecule has 3 rings (SSSR count). The van der Waals surface area contributed by atoms with Crippen LogP contribution in [0.3, 0.4) is 0 Å². The number of nitrogens with zero attached hydrogens (tertiary/aromatic N) is 3. The number of anilines is 1. The molecule has 6 nitrogen and oxygen atoms in total. The van der Waals surface area contributed by atoms with Crippen LogP contribution in [-0.2, 0) is 0 Å². The van der Waals surface area contributed by atoms with E-state index in [1.807, 2.05) is 19.9 Å². The second kappa shape index (κ2) is 4.38. The number of imidazole rings is 1. The maximum Gasteiger partial charge on any atom is 0.182 e. The highest BCUT2D eigenvalue weighted by atomic mass is 16.3. The average molecular weight is 257 g/mol. The number of H-pyrrole nitrogens is 1. The fraction of sp³-hybridized carbons (Fsp3) is 0.308. The molecule has 0 amide bonds. The predicted molar refractivity (Wildman–Crippen MR) is 71.9 cm³/mol. The zero-order valence-corrected chi connectivity index (χ0v) is 11.1. The molecule has 0 aliphatic carbocycles. The maximum absolute atomic E-state index is 5.55. The van der Waals surface area contributed by atoms with Gasteiger partial charge in [-0.2, -0.15) is 0 Å². The van der Waals surface area contributed by atoms with Crippen LogP contribution in [0.4, 0.5) is 5.82 Å². The van der Waals surface area contributed by atoms with Crippen LogP contribution >= 0.6 is 0 Å². The second-order valence-corrected chi connectivity index (χ2v) is 4.56. The number of aromatic nitrogens is 4. The summed E-state index contributed by atoms with van der Waals surface area (Å²) in [7, 11) is 0. The third-order valence-electron chi connectivity index (χ3n) is 3.12. The predicted octanol–water partition coefficient (Wildman–Crippen LogP) is 2.74. The standard InChI is InChI=1S/C13H15N5O/c1-7-4-10(9(3)19-7)8(2)18-13-11-12(15-5-14-11)16-6-17-13/h4-6,8H,1-3H3,(H2,14,15,16,17,18). The number of hydrogen-bond acceptors (Lipinski definition) is 5. The van der Waals surface area contributed by atoms with E-state index in [9.17, 15) is 0 Å². The highest BCUT2D eigenvalue weighted by molar-refractivity contribution is 5.82. The van der Waals surface area contributed by atoms with Crippen molar-refractivity contribution in [2.75, 3.05) is 5.32 Å². The molecule has 0 saturated carbocycles. The van der Waals surface area contributed by atoms with E-state index in [1.54, 1.807) is 6.33 Å². The first-order valence-electron chi connectivity index (χ1n) is 6.12. The van der Waals surface area contributed by atoms with Gasteiger partial charge in [0.1, 0.15) is 23.4 Å². The minimum atomic E-state index is 0.0962. The molecule has 6 heteroatoms. The summed E-state index contributed by atoms with van der Waals surface area (Å²) >= 11 is 0. The van der Waals surface area contributed by atoms with Crippen LogP contribution in [0.15, 0.2) is 23.1 Å². The number of furan rings is 1. The molecule has 3 aromatic heterocycles. The van der Waals surface area contributed by atoms with Gasteiger partial charge >= 0.3 is 0 Å². The van der Waals surface area contributed by atoms with E-state index >= 15 is 0 Å². The highest BCUT2D eigenvalue weighted by Crippen LogP contribution is 2.25. The molecule has 19 heavy (non-hydrogen) atoms. The van der Waals surface area contributed by atoms with Gasteiger partial charge in [0, 0.05) is 5.56 Å². The molecule has 2 N–H and O–H groups in total. The van der Waals surface area contributed by atoms with Gasteiger partial charge in [0.05, 0.1) is 12.4 Å². The topological polar surface area (TPSA) is 79.6 Å². The normalized spacial score (nSPS) is 12.8. The van der Waals surface area contributed by atoms with Gasteiger partial charge in [-0.3, -0.25) is 0 Å².